The van der Waals surface area contributed by atoms with Gasteiger partial charge in [-0.3, -0.25) is 14.9 Å². The van der Waals surface area contributed by atoms with E-state index in [4.69, 9.17) is 25.5 Å². The highest BCUT2D eigenvalue weighted by molar-refractivity contribution is 7.14. The van der Waals surface area contributed by atoms with E-state index in [0.29, 0.717) is 28.9 Å². The molecule has 29 heavy (non-hydrogen) atoms. The molecule has 0 aliphatic rings. The fraction of sp³-hybridized carbons (Fsp3) is 0.211. The Morgan fingerprint density at radius 2 is 2.14 bits per heavy atom. The van der Waals surface area contributed by atoms with Crippen LogP contribution >= 0.6 is 22.9 Å². The Bertz CT molecular complexity index is 1020. The third kappa shape index (κ3) is 5.78. The zero-order valence-electron chi connectivity index (χ0n) is 15.2. The lowest BCUT2D eigenvalue weighted by Crippen LogP contribution is -2.11. The van der Waals surface area contributed by atoms with E-state index in [2.05, 4.69) is 10.3 Å². The molecular formula is C19H16ClFN2O5S. The molecule has 152 valence electrons. The van der Waals surface area contributed by atoms with E-state index in [-0.39, 0.29) is 29.8 Å². The quantitative estimate of drug-likeness (QED) is 0.522. The van der Waals surface area contributed by atoms with Crippen LogP contribution in [0.15, 0.2) is 40.1 Å². The minimum Gasteiger partial charge on any atom is -0.484 e. The molecule has 3 rings (SSSR count). The van der Waals surface area contributed by atoms with Crippen molar-refractivity contribution in [1.29, 1.82) is 0 Å². The lowest BCUT2D eigenvalue weighted by Gasteiger charge is -2.06. The number of hydrogen-bond acceptors (Lipinski definition) is 7. The highest BCUT2D eigenvalue weighted by Gasteiger charge is 2.15. The molecule has 10 heteroatoms. The topological polar surface area (TPSA) is 90.7 Å². The smallest absolute Gasteiger partial charge is 0.311 e. The zero-order valence-corrected chi connectivity index (χ0v) is 16.8. The first-order valence-electron chi connectivity index (χ1n) is 8.52. The summed E-state index contributed by atoms with van der Waals surface area (Å²) in [7, 11) is 0. The Morgan fingerprint density at radius 3 is 2.90 bits per heavy atom. The number of thiazole rings is 1. The zero-order chi connectivity index (χ0) is 20.8. The molecule has 0 atom stereocenters. The summed E-state index contributed by atoms with van der Waals surface area (Å²) < 4.78 is 28.8. The van der Waals surface area contributed by atoms with Crippen molar-refractivity contribution in [3.8, 4) is 5.75 Å². The number of benzene rings is 1. The number of rotatable bonds is 8. The lowest BCUT2D eigenvalue weighted by molar-refractivity contribution is -0.142. The second-order valence-corrected chi connectivity index (χ2v) is 6.97. The molecule has 0 aliphatic carbocycles. The molecule has 0 unspecified atom stereocenters. The van der Waals surface area contributed by atoms with Gasteiger partial charge in [0.15, 0.2) is 10.9 Å². The van der Waals surface area contributed by atoms with Crippen molar-refractivity contribution < 1.29 is 27.9 Å². The van der Waals surface area contributed by atoms with E-state index >= 15 is 0 Å². The molecule has 0 saturated carbocycles. The number of aromatic nitrogens is 1. The van der Waals surface area contributed by atoms with Crippen LogP contribution in [0.4, 0.5) is 9.52 Å². The second-order valence-electron chi connectivity index (χ2n) is 5.71. The van der Waals surface area contributed by atoms with Crippen molar-refractivity contribution in [3.63, 3.8) is 0 Å². The summed E-state index contributed by atoms with van der Waals surface area (Å²) >= 11 is 7.09. The number of esters is 1. The van der Waals surface area contributed by atoms with Gasteiger partial charge in [-0.2, -0.15) is 0 Å². The van der Waals surface area contributed by atoms with Gasteiger partial charge in [-0.05, 0) is 37.3 Å². The van der Waals surface area contributed by atoms with Crippen molar-refractivity contribution in [2.24, 2.45) is 0 Å². The van der Waals surface area contributed by atoms with Crippen LogP contribution in [-0.4, -0.2) is 23.5 Å². The maximum absolute atomic E-state index is 13.0. The number of nitrogens with one attached hydrogen (secondary N) is 1. The summed E-state index contributed by atoms with van der Waals surface area (Å²) in [4.78, 5) is 27.9. The average Bonchev–Trinajstić information content (AvgIpc) is 3.31. The number of furan rings is 1. The largest absolute Gasteiger partial charge is 0.484 e. The van der Waals surface area contributed by atoms with Gasteiger partial charge in [-0.1, -0.05) is 11.6 Å². The summed E-state index contributed by atoms with van der Waals surface area (Å²) in [5, 5.41) is 4.74. The average molecular weight is 439 g/mol. The van der Waals surface area contributed by atoms with E-state index in [9.17, 15) is 14.0 Å². The number of nitrogens with zero attached hydrogens (tertiary/aromatic N) is 1. The third-order valence-corrected chi connectivity index (χ3v) is 4.65. The van der Waals surface area contributed by atoms with Crippen molar-refractivity contribution in [2.75, 3.05) is 11.9 Å². The second kappa shape index (κ2) is 9.53. The third-order valence-electron chi connectivity index (χ3n) is 3.55. The number of halogens is 2. The summed E-state index contributed by atoms with van der Waals surface area (Å²) in [6.07, 6.45) is 0.0361. The lowest BCUT2D eigenvalue weighted by atomic mass is 10.3. The molecule has 1 aromatic carbocycles. The molecule has 0 aliphatic heterocycles. The summed E-state index contributed by atoms with van der Waals surface area (Å²) in [6, 6.07) is 6.85. The Kier molecular flexibility index (Phi) is 6.84. The molecule has 7 nitrogen and oxygen atoms in total. The first kappa shape index (κ1) is 20.8. The van der Waals surface area contributed by atoms with Crippen LogP contribution in [0.2, 0.25) is 5.02 Å². The minimum atomic E-state index is -0.493. The SMILES string of the molecule is CCOC(=O)Cc1csc(NC(=O)c2ccc(COc3ccc(F)cc3Cl)o2)n1. The van der Waals surface area contributed by atoms with Gasteiger partial charge < -0.3 is 13.9 Å². The highest BCUT2D eigenvalue weighted by Crippen LogP contribution is 2.26. The van der Waals surface area contributed by atoms with Gasteiger partial charge in [0.1, 0.15) is 23.9 Å². The van der Waals surface area contributed by atoms with Crippen molar-refractivity contribution >= 4 is 39.9 Å². The van der Waals surface area contributed by atoms with Crippen LogP contribution in [0.3, 0.4) is 0 Å². The van der Waals surface area contributed by atoms with Crippen molar-refractivity contribution in [3.05, 3.63) is 63.8 Å². The van der Waals surface area contributed by atoms with Gasteiger partial charge in [0, 0.05) is 5.38 Å². The van der Waals surface area contributed by atoms with Gasteiger partial charge >= 0.3 is 5.97 Å². The maximum Gasteiger partial charge on any atom is 0.311 e. The van der Waals surface area contributed by atoms with Crippen LogP contribution in [0.5, 0.6) is 5.75 Å². The molecule has 1 amide bonds. The fourth-order valence-corrected chi connectivity index (χ4v) is 3.21. The van der Waals surface area contributed by atoms with Crippen molar-refractivity contribution in [2.45, 2.75) is 20.0 Å². The summed E-state index contributed by atoms with van der Waals surface area (Å²) in [6.45, 7) is 2.03. The van der Waals surface area contributed by atoms with Gasteiger partial charge in [-0.15, -0.1) is 11.3 Å². The number of anilines is 1. The molecular weight excluding hydrogens is 423 g/mol. The van der Waals surface area contributed by atoms with E-state index in [0.717, 1.165) is 6.07 Å². The number of carbonyl (C=O) groups is 2. The van der Waals surface area contributed by atoms with Gasteiger partial charge in [0.05, 0.1) is 23.7 Å². The molecule has 2 heterocycles. The molecule has 3 aromatic rings. The Hall–Kier alpha value is -2.91. The standard InChI is InChI=1S/C19H16ClFN2O5S/c1-2-26-17(24)8-12-10-29-19(22-12)23-18(25)16-6-4-13(28-16)9-27-15-5-3-11(21)7-14(15)20/h3-7,10H,2,8-9H2,1H3,(H,22,23,25). The van der Waals surface area contributed by atoms with E-state index in [1.807, 2.05) is 0 Å². The monoisotopic (exact) mass is 438 g/mol. The maximum atomic E-state index is 13.0. The molecule has 0 radical (unpaired) electrons. The Labute approximate surface area is 174 Å². The predicted octanol–water partition coefficient (Wildman–Crippen LogP) is 4.47. The summed E-state index contributed by atoms with van der Waals surface area (Å²) in [5.41, 5.74) is 0.508. The normalized spacial score (nSPS) is 10.6. The van der Waals surface area contributed by atoms with E-state index in [1.54, 1.807) is 18.4 Å². The van der Waals surface area contributed by atoms with Gasteiger partial charge in [0.25, 0.3) is 5.91 Å². The van der Waals surface area contributed by atoms with E-state index < -0.39 is 11.7 Å². The number of ether oxygens (including phenoxy) is 2. The first-order valence-corrected chi connectivity index (χ1v) is 9.78. The first-order chi connectivity index (χ1) is 13.9. The Morgan fingerprint density at radius 1 is 1.31 bits per heavy atom. The van der Waals surface area contributed by atoms with Gasteiger partial charge in [0.2, 0.25) is 0 Å². The van der Waals surface area contributed by atoms with Crippen LogP contribution in [0, 0.1) is 5.82 Å². The van der Waals surface area contributed by atoms with Crippen LogP contribution < -0.4 is 10.1 Å². The number of amides is 1. The van der Waals surface area contributed by atoms with Crippen LogP contribution in [0.25, 0.3) is 0 Å². The van der Waals surface area contributed by atoms with Gasteiger partial charge in [-0.25, -0.2) is 9.37 Å². The molecule has 2 aromatic heterocycles. The number of carbonyl (C=O) groups excluding carboxylic acids is 2. The summed E-state index contributed by atoms with van der Waals surface area (Å²) in [5.74, 6) is -0.589. The number of hydrogen-bond donors (Lipinski definition) is 1. The molecule has 0 fully saturated rings. The Balaban J connectivity index is 1.55. The fourth-order valence-electron chi connectivity index (χ4n) is 2.28. The van der Waals surface area contributed by atoms with Crippen LogP contribution in [0.1, 0.15) is 28.9 Å². The predicted molar refractivity (Wildman–Crippen MR) is 105 cm³/mol. The molecule has 0 spiro atoms. The highest BCUT2D eigenvalue weighted by atomic mass is 35.5. The van der Waals surface area contributed by atoms with E-state index in [1.165, 1.54) is 29.5 Å². The molecule has 0 bridgehead atoms. The van der Waals surface area contributed by atoms with Crippen LogP contribution in [-0.2, 0) is 22.6 Å². The minimum absolute atomic E-state index is 0.0135. The van der Waals surface area contributed by atoms with Crippen molar-refractivity contribution in [1.82, 2.24) is 4.98 Å². The molecule has 1 N–H and O–H groups in total. The molecule has 0 saturated heterocycles.